The summed E-state index contributed by atoms with van der Waals surface area (Å²) >= 11 is 0. The van der Waals surface area contributed by atoms with E-state index in [1.807, 2.05) is 37.3 Å². The van der Waals surface area contributed by atoms with Crippen molar-refractivity contribution in [1.29, 1.82) is 0 Å². The number of rotatable bonds is 7. The lowest BCUT2D eigenvalue weighted by Gasteiger charge is -2.12. The van der Waals surface area contributed by atoms with E-state index in [9.17, 15) is 9.59 Å². The van der Waals surface area contributed by atoms with E-state index in [0.717, 1.165) is 5.56 Å². The Morgan fingerprint density at radius 3 is 2.58 bits per heavy atom. The molecule has 0 spiro atoms. The Morgan fingerprint density at radius 2 is 1.82 bits per heavy atom. The third kappa shape index (κ3) is 4.93. The molecule has 7 nitrogen and oxygen atoms in total. The van der Waals surface area contributed by atoms with Gasteiger partial charge in [-0.15, -0.1) is 0 Å². The molecule has 0 aliphatic carbocycles. The van der Waals surface area contributed by atoms with Crippen LogP contribution in [0.5, 0.6) is 17.2 Å². The van der Waals surface area contributed by atoms with Gasteiger partial charge in [-0.2, -0.15) is 0 Å². The van der Waals surface area contributed by atoms with Crippen molar-refractivity contribution in [2.45, 2.75) is 6.92 Å². The van der Waals surface area contributed by atoms with Crippen LogP contribution < -0.4 is 14.2 Å². The average molecular weight is 443 g/mol. The Bertz CT molecular complexity index is 1250. The topological polar surface area (TPSA) is 83.4 Å². The molecule has 4 rings (SSSR count). The van der Waals surface area contributed by atoms with Crippen molar-refractivity contribution in [1.82, 2.24) is 0 Å². The first kappa shape index (κ1) is 21.8. The summed E-state index contributed by atoms with van der Waals surface area (Å²) in [6.45, 7) is 2.19. The molecule has 0 amide bonds. The van der Waals surface area contributed by atoms with Crippen LogP contribution in [0.15, 0.2) is 83.5 Å². The molecule has 3 aromatic carbocycles. The number of methoxy groups -OCH3 is 1. The largest absolute Gasteiger partial charge is 0.497 e. The second-order valence-electron chi connectivity index (χ2n) is 7.00. The number of benzene rings is 3. The molecule has 0 unspecified atom stereocenters. The lowest BCUT2D eigenvalue weighted by Crippen LogP contribution is -2.10. The minimum atomic E-state index is -0.543. The minimum Gasteiger partial charge on any atom is -0.497 e. The van der Waals surface area contributed by atoms with E-state index in [-0.39, 0.29) is 5.75 Å². The van der Waals surface area contributed by atoms with E-state index < -0.39 is 11.9 Å². The zero-order valence-corrected chi connectivity index (χ0v) is 18.1. The van der Waals surface area contributed by atoms with Crippen molar-refractivity contribution < 1.29 is 28.6 Å². The Morgan fingerprint density at radius 1 is 1.00 bits per heavy atom. The first-order chi connectivity index (χ1) is 16.1. The number of carbonyl (C=O) groups excluding carboxylic acids is 2. The standard InChI is InChI=1S/C26H21NO6/c1-3-31-23-15-17(14-21-24(27-33-26(21)29)18-8-5-4-6-9-18)12-13-22(23)32-25(28)19-10-7-11-20(16-19)30-2/h4-16H,3H2,1-2H3. The van der Waals surface area contributed by atoms with Gasteiger partial charge in [-0.1, -0.05) is 47.6 Å². The highest BCUT2D eigenvalue weighted by molar-refractivity contribution is 6.31. The van der Waals surface area contributed by atoms with Crippen LogP contribution >= 0.6 is 0 Å². The highest BCUT2D eigenvalue weighted by Gasteiger charge is 2.27. The van der Waals surface area contributed by atoms with Crippen molar-refractivity contribution in [2.24, 2.45) is 5.16 Å². The Balaban J connectivity index is 1.62. The summed E-state index contributed by atoms with van der Waals surface area (Å²) in [5, 5.41) is 3.92. The average Bonchev–Trinajstić information content (AvgIpc) is 3.21. The zero-order valence-electron chi connectivity index (χ0n) is 18.1. The third-order valence-electron chi connectivity index (χ3n) is 4.83. The van der Waals surface area contributed by atoms with Crippen molar-refractivity contribution in [3.05, 3.63) is 95.1 Å². The Hall–Kier alpha value is -4.39. The quantitative estimate of drug-likeness (QED) is 0.229. The summed E-state index contributed by atoms with van der Waals surface area (Å²) in [7, 11) is 1.53. The number of hydrogen-bond acceptors (Lipinski definition) is 7. The van der Waals surface area contributed by atoms with E-state index in [1.165, 1.54) is 7.11 Å². The molecule has 0 saturated carbocycles. The van der Waals surface area contributed by atoms with Crippen molar-refractivity contribution in [3.8, 4) is 17.2 Å². The maximum atomic E-state index is 12.6. The van der Waals surface area contributed by atoms with Crippen LogP contribution in [-0.4, -0.2) is 31.4 Å². The van der Waals surface area contributed by atoms with Gasteiger partial charge < -0.3 is 19.0 Å². The molecule has 7 heteroatoms. The van der Waals surface area contributed by atoms with Crippen LogP contribution in [0.1, 0.15) is 28.4 Å². The van der Waals surface area contributed by atoms with Gasteiger partial charge in [0.25, 0.3) is 0 Å². The normalized spacial score (nSPS) is 13.9. The van der Waals surface area contributed by atoms with E-state index >= 15 is 0 Å². The summed E-state index contributed by atoms with van der Waals surface area (Å²) < 4.78 is 16.4. The SMILES string of the molecule is CCOc1cc(C=C2C(=O)ON=C2c2ccccc2)ccc1OC(=O)c1cccc(OC)c1. The van der Waals surface area contributed by atoms with E-state index in [0.29, 0.717) is 40.5 Å². The van der Waals surface area contributed by atoms with Crippen LogP contribution in [0, 0.1) is 0 Å². The molecule has 3 aromatic rings. The van der Waals surface area contributed by atoms with Gasteiger partial charge in [-0.3, -0.25) is 0 Å². The van der Waals surface area contributed by atoms with Crippen molar-refractivity contribution in [3.63, 3.8) is 0 Å². The van der Waals surface area contributed by atoms with Crippen LogP contribution in [0.4, 0.5) is 0 Å². The fourth-order valence-electron chi connectivity index (χ4n) is 3.26. The molecule has 0 bridgehead atoms. The summed E-state index contributed by atoms with van der Waals surface area (Å²) in [4.78, 5) is 29.8. The fraction of sp³-hybridized carbons (Fsp3) is 0.115. The van der Waals surface area contributed by atoms with Gasteiger partial charge in [-0.05, 0) is 48.9 Å². The molecular formula is C26H21NO6. The van der Waals surface area contributed by atoms with Gasteiger partial charge in [-0.25, -0.2) is 9.59 Å². The highest BCUT2D eigenvalue weighted by atomic mass is 16.7. The zero-order chi connectivity index (χ0) is 23.2. The summed E-state index contributed by atoms with van der Waals surface area (Å²) in [6.07, 6.45) is 1.66. The van der Waals surface area contributed by atoms with Crippen LogP contribution in [0.2, 0.25) is 0 Å². The van der Waals surface area contributed by atoms with Gasteiger partial charge in [0.1, 0.15) is 11.5 Å². The Kier molecular flexibility index (Phi) is 6.50. The van der Waals surface area contributed by atoms with Gasteiger partial charge in [0.05, 0.1) is 24.9 Å². The Labute approximate surface area is 190 Å². The summed E-state index contributed by atoms with van der Waals surface area (Å²) in [5.41, 5.74) is 2.55. The lowest BCUT2D eigenvalue weighted by molar-refractivity contribution is -0.136. The third-order valence-corrected chi connectivity index (χ3v) is 4.83. The predicted molar refractivity (Wildman–Crippen MR) is 123 cm³/mol. The number of hydrogen-bond donors (Lipinski definition) is 0. The van der Waals surface area contributed by atoms with Crippen LogP contribution in [0.3, 0.4) is 0 Å². The first-order valence-electron chi connectivity index (χ1n) is 10.3. The molecule has 0 radical (unpaired) electrons. The van der Waals surface area contributed by atoms with E-state index in [1.54, 1.807) is 48.5 Å². The summed E-state index contributed by atoms with van der Waals surface area (Å²) in [6, 6.07) is 21.0. The monoisotopic (exact) mass is 443 g/mol. The van der Waals surface area contributed by atoms with Crippen LogP contribution in [0.25, 0.3) is 6.08 Å². The maximum Gasteiger partial charge on any atom is 0.368 e. The van der Waals surface area contributed by atoms with Gasteiger partial charge >= 0.3 is 11.9 Å². The van der Waals surface area contributed by atoms with Gasteiger partial charge in [0.2, 0.25) is 0 Å². The van der Waals surface area contributed by atoms with Gasteiger partial charge in [0, 0.05) is 5.56 Å². The number of ether oxygens (including phenoxy) is 3. The molecule has 166 valence electrons. The second kappa shape index (κ2) is 9.82. The molecule has 1 aliphatic heterocycles. The number of carbonyl (C=O) groups is 2. The minimum absolute atomic E-state index is 0.262. The molecular weight excluding hydrogens is 422 g/mol. The van der Waals surface area contributed by atoms with Crippen molar-refractivity contribution >= 4 is 23.7 Å². The van der Waals surface area contributed by atoms with Crippen LogP contribution in [-0.2, 0) is 9.63 Å². The molecule has 0 N–H and O–H groups in total. The second-order valence-corrected chi connectivity index (χ2v) is 7.00. The summed E-state index contributed by atoms with van der Waals surface area (Å²) in [5.74, 6) is 0.0976. The van der Waals surface area contributed by atoms with Crippen molar-refractivity contribution in [2.75, 3.05) is 13.7 Å². The molecule has 0 aromatic heterocycles. The molecule has 1 aliphatic rings. The molecule has 33 heavy (non-hydrogen) atoms. The number of nitrogens with zero attached hydrogens (tertiary/aromatic N) is 1. The van der Waals surface area contributed by atoms with E-state index in [4.69, 9.17) is 19.0 Å². The molecule has 0 saturated heterocycles. The van der Waals surface area contributed by atoms with Gasteiger partial charge in [0.15, 0.2) is 11.5 Å². The predicted octanol–water partition coefficient (Wildman–Crippen LogP) is 4.66. The molecule has 1 heterocycles. The maximum absolute atomic E-state index is 12.6. The van der Waals surface area contributed by atoms with E-state index in [2.05, 4.69) is 5.16 Å². The molecule has 0 atom stereocenters. The lowest BCUT2D eigenvalue weighted by atomic mass is 10.0. The highest BCUT2D eigenvalue weighted by Crippen LogP contribution is 2.31. The smallest absolute Gasteiger partial charge is 0.368 e. The first-order valence-corrected chi connectivity index (χ1v) is 10.3. The number of oxime groups is 1. The number of esters is 1. The fourth-order valence-corrected chi connectivity index (χ4v) is 3.26. The molecule has 0 fully saturated rings.